The summed E-state index contributed by atoms with van der Waals surface area (Å²) in [5, 5.41) is 21.4. The highest BCUT2D eigenvalue weighted by Gasteiger charge is 2.51. The first-order chi connectivity index (χ1) is 23.4. The standard InChI is InChI=1S/C41H52N2O6/c1-27-35(23-43-26-41(4)21-34(43)20-40(2,3)25-41)48-39(49-38(27)30-16-14-28(24-44)15-17-30)33-11-6-10-32(19-33)31-9-5-8-29(18-31)22-42-36(45)12-7-13-37(46)47/h5-6,8-11,14-19,27,34-35,38-39,44H,7,12-13,20-26H2,1-4H3,(H,42,45)(H,46,47)/t27-,34?,35+,38+,39+,41?/m0/s1. The highest BCUT2D eigenvalue weighted by Crippen LogP contribution is 2.53. The molecule has 1 amide bonds. The molecule has 2 bridgehead atoms. The predicted molar refractivity (Wildman–Crippen MR) is 189 cm³/mol. The third-order valence-corrected chi connectivity index (χ3v) is 10.8. The second kappa shape index (κ2) is 14.7. The summed E-state index contributed by atoms with van der Waals surface area (Å²) >= 11 is 0. The van der Waals surface area contributed by atoms with E-state index in [0.717, 1.165) is 46.5 Å². The summed E-state index contributed by atoms with van der Waals surface area (Å²) < 4.78 is 13.7. The van der Waals surface area contributed by atoms with Gasteiger partial charge in [0.25, 0.3) is 0 Å². The van der Waals surface area contributed by atoms with Crippen LogP contribution in [-0.4, -0.2) is 52.2 Å². The molecule has 2 aliphatic heterocycles. The smallest absolute Gasteiger partial charge is 0.303 e. The van der Waals surface area contributed by atoms with Gasteiger partial charge < -0.3 is 25.0 Å². The first-order valence-corrected chi connectivity index (χ1v) is 17.8. The summed E-state index contributed by atoms with van der Waals surface area (Å²) in [5.74, 6) is -0.923. The molecular formula is C41H52N2O6. The van der Waals surface area contributed by atoms with Crippen molar-refractivity contribution in [1.82, 2.24) is 10.2 Å². The fraction of sp³-hybridized carbons (Fsp3) is 0.512. The van der Waals surface area contributed by atoms with E-state index in [4.69, 9.17) is 14.6 Å². The summed E-state index contributed by atoms with van der Waals surface area (Å²) in [6.45, 7) is 11.9. The van der Waals surface area contributed by atoms with Gasteiger partial charge in [0.05, 0.1) is 18.8 Å². The summed E-state index contributed by atoms with van der Waals surface area (Å²) in [5.41, 5.74) is 6.63. The molecule has 3 aromatic rings. The van der Waals surface area contributed by atoms with Crippen molar-refractivity contribution in [3.8, 4) is 11.1 Å². The second-order valence-electron chi connectivity index (χ2n) is 15.8. The van der Waals surface area contributed by atoms with Crippen molar-refractivity contribution in [2.45, 2.75) is 104 Å². The number of carboxylic acids is 1. The molecule has 2 heterocycles. The van der Waals surface area contributed by atoms with Gasteiger partial charge in [-0.1, -0.05) is 88.4 Å². The first kappa shape index (κ1) is 35.3. The van der Waals surface area contributed by atoms with Crippen LogP contribution in [0.3, 0.4) is 0 Å². The first-order valence-electron chi connectivity index (χ1n) is 17.8. The highest BCUT2D eigenvalue weighted by atomic mass is 16.7. The number of nitrogens with one attached hydrogen (secondary N) is 1. The Morgan fingerprint density at radius 1 is 0.898 bits per heavy atom. The van der Waals surface area contributed by atoms with Crippen molar-refractivity contribution >= 4 is 11.9 Å². The molecule has 3 aliphatic rings. The Balaban J connectivity index is 1.21. The van der Waals surface area contributed by atoms with Crippen molar-refractivity contribution in [3.63, 3.8) is 0 Å². The zero-order chi connectivity index (χ0) is 34.8. The molecule has 2 unspecified atom stereocenters. The summed E-state index contributed by atoms with van der Waals surface area (Å²) in [7, 11) is 0. The molecule has 1 saturated carbocycles. The number of aliphatic hydroxyl groups excluding tert-OH is 1. The van der Waals surface area contributed by atoms with E-state index in [1.54, 1.807) is 0 Å². The van der Waals surface area contributed by atoms with Crippen LogP contribution in [0.1, 0.15) is 101 Å². The molecule has 6 rings (SSSR count). The molecule has 6 atom stereocenters. The topological polar surface area (TPSA) is 108 Å². The lowest BCUT2D eigenvalue weighted by Gasteiger charge is -2.43. The number of carbonyl (C=O) groups excluding carboxylic acids is 1. The van der Waals surface area contributed by atoms with Crippen LogP contribution < -0.4 is 5.32 Å². The molecule has 0 spiro atoms. The number of nitrogens with zero attached hydrogens (tertiary/aromatic N) is 1. The van der Waals surface area contributed by atoms with Crippen molar-refractivity contribution in [3.05, 3.63) is 95.1 Å². The van der Waals surface area contributed by atoms with Crippen LogP contribution in [0.4, 0.5) is 0 Å². The van der Waals surface area contributed by atoms with Crippen molar-refractivity contribution < 1.29 is 29.3 Å². The van der Waals surface area contributed by atoms with Crippen LogP contribution in [0, 0.1) is 16.7 Å². The number of hydrogen-bond donors (Lipinski definition) is 3. The van der Waals surface area contributed by atoms with Crippen molar-refractivity contribution in [2.24, 2.45) is 16.7 Å². The van der Waals surface area contributed by atoms with Gasteiger partial charge in [-0.15, -0.1) is 0 Å². The molecule has 49 heavy (non-hydrogen) atoms. The predicted octanol–water partition coefficient (Wildman–Crippen LogP) is 7.41. The van der Waals surface area contributed by atoms with Gasteiger partial charge in [-0.3, -0.25) is 14.5 Å². The average molecular weight is 669 g/mol. The Bertz CT molecular complexity index is 1620. The lowest BCUT2D eigenvalue weighted by molar-refractivity contribution is -0.276. The molecule has 0 radical (unpaired) electrons. The van der Waals surface area contributed by atoms with Crippen molar-refractivity contribution in [2.75, 3.05) is 13.1 Å². The van der Waals surface area contributed by atoms with Crippen molar-refractivity contribution in [1.29, 1.82) is 0 Å². The molecule has 262 valence electrons. The third kappa shape index (κ3) is 8.61. The number of aliphatic carboxylic acids is 1. The average Bonchev–Trinajstić information content (AvgIpc) is 3.31. The molecular weight excluding hydrogens is 616 g/mol. The second-order valence-corrected chi connectivity index (χ2v) is 15.8. The van der Waals surface area contributed by atoms with Gasteiger partial charge in [-0.25, -0.2) is 0 Å². The monoisotopic (exact) mass is 668 g/mol. The van der Waals surface area contributed by atoms with Gasteiger partial charge in [0.1, 0.15) is 0 Å². The lowest BCUT2D eigenvalue weighted by atomic mass is 9.65. The minimum Gasteiger partial charge on any atom is -0.481 e. The maximum Gasteiger partial charge on any atom is 0.303 e. The fourth-order valence-electron chi connectivity index (χ4n) is 8.76. The maximum absolute atomic E-state index is 12.2. The quantitative estimate of drug-likeness (QED) is 0.185. The Kier molecular flexibility index (Phi) is 10.6. The highest BCUT2D eigenvalue weighted by molar-refractivity contribution is 5.76. The Morgan fingerprint density at radius 2 is 1.63 bits per heavy atom. The normalized spacial score (nSPS) is 27.9. The number of likely N-dealkylation sites (tertiary alicyclic amines) is 1. The Labute approximate surface area is 290 Å². The number of fused-ring (bicyclic) bond motifs is 2. The lowest BCUT2D eigenvalue weighted by Crippen LogP contribution is -2.46. The largest absolute Gasteiger partial charge is 0.481 e. The molecule has 3 aromatic carbocycles. The third-order valence-electron chi connectivity index (χ3n) is 10.8. The van der Waals surface area contributed by atoms with Gasteiger partial charge >= 0.3 is 5.97 Å². The van der Waals surface area contributed by atoms with E-state index in [-0.39, 0.29) is 43.5 Å². The Morgan fingerprint density at radius 3 is 2.37 bits per heavy atom. The molecule has 0 aromatic heterocycles. The maximum atomic E-state index is 12.2. The van der Waals surface area contributed by atoms with E-state index in [0.29, 0.717) is 29.8 Å². The van der Waals surface area contributed by atoms with Gasteiger partial charge in [0.15, 0.2) is 6.29 Å². The summed E-state index contributed by atoms with van der Waals surface area (Å²) in [6.07, 6.45) is 3.47. The van der Waals surface area contributed by atoms with E-state index in [2.05, 4.69) is 80.4 Å². The zero-order valence-electron chi connectivity index (χ0n) is 29.4. The number of ether oxygens (including phenoxy) is 2. The number of benzene rings is 3. The van der Waals surface area contributed by atoms with Crippen LogP contribution in [0.15, 0.2) is 72.8 Å². The van der Waals surface area contributed by atoms with Crippen LogP contribution in [0.2, 0.25) is 0 Å². The number of rotatable bonds is 12. The van der Waals surface area contributed by atoms with Crippen LogP contribution in [0.5, 0.6) is 0 Å². The van der Waals surface area contributed by atoms with Gasteiger partial charge in [-0.05, 0) is 76.5 Å². The zero-order valence-corrected chi connectivity index (χ0v) is 29.4. The number of hydrogen-bond acceptors (Lipinski definition) is 6. The van der Waals surface area contributed by atoms with Crippen LogP contribution in [-0.2, 0) is 32.2 Å². The van der Waals surface area contributed by atoms with E-state index in [1.165, 1.54) is 19.3 Å². The Hall–Kier alpha value is -3.56. The minimum atomic E-state index is -0.892. The fourth-order valence-corrected chi connectivity index (χ4v) is 8.76. The summed E-state index contributed by atoms with van der Waals surface area (Å²) in [6, 6.07) is 25.1. The van der Waals surface area contributed by atoms with E-state index in [9.17, 15) is 14.7 Å². The minimum absolute atomic E-state index is 0.00827. The molecule has 2 saturated heterocycles. The van der Waals surface area contributed by atoms with Gasteiger partial charge in [0.2, 0.25) is 5.91 Å². The van der Waals surface area contributed by atoms with E-state index < -0.39 is 12.3 Å². The number of aliphatic hydroxyl groups is 1. The molecule has 1 aliphatic carbocycles. The number of amides is 1. The van der Waals surface area contributed by atoms with E-state index >= 15 is 0 Å². The molecule has 3 N–H and O–H groups in total. The SMILES string of the molecule is C[C@H]1[C@@H](CN2CC3(C)CC2CC(C)(C)C3)O[C@@H](c2cccc(-c3cccc(CNC(=O)CCCC(=O)O)c3)c2)O[C@H]1c1ccc(CO)cc1. The van der Waals surface area contributed by atoms with Gasteiger partial charge in [-0.2, -0.15) is 0 Å². The number of carbonyl (C=O) groups is 2. The van der Waals surface area contributed by atoms with E-state index in [1.807, 2.05) is 30.3 Å². The number of carboxylic acid groups (broad SMARTS) is 1. The van der Waals surface area contributed by atoms with Crippen LogP contribution >= 0.6 is 0 Å². The molecule has 8 heteroatoms. The summed E-state index contributed by atoms with van der Waals surface area (Å²) in [4.78, 5) is 25.7. The molecule has 3 fully saturated rings. The molecule has 8 nitrogen and oxygen atoms in total. The van der Waals surface area contributed by atoms with Gasteiger partial charge in [0, 0.05) is 50.0 Å². The van der Waals surface area contributed by atoms with Crippen LogP contribution in [0.25, 0.3) is 11.1 Å².